The maximum atomic E-state index is 13.5. The maximum absolute atomic E-state index is 13.5. The summed E-state index contributed by atoms with van der Waals surface area (Å²) in [6.45, 7) is 0. The van der Waals surface area contributed by atoms with Crippen LogP contribution in [0.2, 0.25) is 0 Å². The second-order valence-corrected chi connectivity index (χ2v) is 4.06. The first-order valence-corrected chi connectivity index (χ1v) is 5.52. The van der Waals surface area contributed by atoms with E-state index in [1.165, 1.54) is 6.07 Å². The van der Waals surface area contributed by atoms with E-state index in [0.717, 1.165) is 22.1 Å². The minimum absolute atomic E-state index is 0.153. The molecular weight excluding hydrogens is 215 g/mol. The van der Waals surface area contributed by atoms with Crippen molar-refractivity contribution in [2.75, 3.05) is 0 Å². The summed E-state index contributed by atoms with van der Waals surface area (Å²) < 4.78 is 18.8. The van der Waals surface area contributed by atoms with Crippen LogP contribution < -0.4 is 0 Å². The molecule has 0 unspecified atom stereocenters. The smallest absolute Gasteiger partial charge is 0.133 e. The summed E-state index contributed by atoms with van der Waals surface area (Å²) >= 11 is 0. The predicted octanol–water partition coefficient (Wildman–Crippen LogP) is 4.16. The number of halogens is 1. The van der Waals surface area contributed by atoms with Crippen molar-refractivity contribution < 1.29 is 8.81 Å². The summed E-state index contributed by atoms with van der Waals surface area (Å²) in [5.74, 6) is -0.153. The Morgan fingerprint density at radius 1 is 1.00 bits per heavy atom. The molecule has 0 spiro atoms. The number of hydrogen-bond donors (Lipinski definition) is 0. The molecule has 0 aliphatic carbocycles. The molecule has 0 N–H and O–H groups in total. The Hall–Kier alpha value is -2.09. The highest BCUT2D eigenvalue weighted by atomic mass is 19.1. The van der Waals surface area contributed by atoms with E-state index in [-0.39, 0.29) is 5.82 Å². The van der Waals surface area contributed by atoms with Crippen LogP contribution >= 0.6 is 0 Å². The van der Waals surface area contributed by atoms with Gasteiger partial charge in [0, 0.05) is 11.8 Å². The third-order valence-corrected chi connectivity index (χ3v) is 2.87. The standard InChI is InChI=1S/C15H11FO/c16-14-4-2-1-3-12(14)9-11-5-6-15-13(10-11)7-8-17-15/h1-8,10H,9H2. The predicted molar refractivity (Wildman–Crippen MR) is 65.4 cm³/mol. The molecule has 0 amide bonds. The molecule has 3 rings (SSSR count). The van der Waals surface area contributed by atoms with Gasteiger partial charge in [0.15, 0.2) is 0 Å². The molecule has 3 aromatic rings. The van der Waals surface area contributed by atoms with Crippen LogP contribution in [0.15, 0.2) is 59.2 Å². The lowest BCUT2D eigenvalue weighted by molar-refractivity contribution is 0.613. The molecule has 0 bridgehead atoms. The summed E-state index contributed by atoms with van der Waals surface area (Å²) in [6.07, 6.45) is 2.27. The second-order valence-electron chi connectivity index (χ2n) is 4.06. The molecule has 0 aliphatic rings. The van der Waals surface area contributed by atoms with Crippen molar-refractivity contribution in [3.8, 4) is 0 Å². The highest BCUT2D eigenvalue weighted by Gasteiger charge is 2.03. The van der Waals surface area contributed by atoms with Crippen LogP contribution in [0.3, 0.4) is 0 Å². The van der Waals surface area contributed by atoms with Crippen molar-refractivity contribution in [3.63, 3.8) is 0 Å². The van der Waals surface area contributed by atoms with Crippen molar-refractivity contribution >= 4 is 11.0 Å². The molecule has 1 nitrogen and oxygen atoms in total. The van der Waals surface area contributed by atoms with Crippen LogP contribution in [0, 0.1) is 5.82 Å². The Kier molecular flexibility index (Phi) is 2.41. The highest BCUT2D eigenvalue weighted by molar-refractivity contribution is 5.77. The van der Waals surface area contributed by atoms with Gasteiger partial charge in [0.25, 0.3) is 0 Å². The van der Waals surface area contributed by atoms with E-state index in [1.807, 2.05) is 36.4 Å². The summed E-state index contributed by atoms with van der Waals surface area (Å²) in [4.78, 5) is 0. The van der Waals surface area contributed by atoms with Crippen molar-refractivity contribution in [1.29, 1.82) is 0 Å². The number of rotatable bonds is 2. The molecule has 0 saturated carbocycles. The lowest BCUT2D eigenvalue weighted by Gasteiger charge is -2.03. The lowest BCUT2D eigenvalue weighted by Crippen LogP contribution is -1.91. The van der Waals surface area contributed by atoms with Gasteiger partial charge in [-0.05, 0) is 35.4 Å². The quantitative estimate of drug-likeness (QED) is 0.639. The fourth-order valence-electron chi connectivity index (χ4n) is 1.99. The first kappa shape index (κ1) is 10.1. The van der Waals surface area contributed by atoms with Crippen LogP contribution in [0.1, 0.15) is 11.1 Å². The van der Waals surface area contributed by atoms with Crippen LogP contribution in [0.25, 0.3) is 11.0 Å². The van der Waals surface area contributed by atoms with Gasteiger partial charge in [-0.25, -0.2) is 4.39 Å². The van der Waals surface area contributed by atoms with Crippen molar-refractivity contribution in [3.05, 3.63) is 71.7 Å². The van der Waals surface area contributed by atoms with Crippen molar-refractivity contribution in [2.24, 2.45) is 0 Å². The van der Waals surface area contributed by atoms with Crippen LogP contribution in [0.5, 0.6) is 0 Å². The number of benzene rings is 2. The number of fused-ring (bicyclic) bond motifs is 1. The van der Waals surface area contributed by atoms with E-state index in [4.69, 9.17) is 4.42 Å². The van der Waals surface area contributed by atoms with Gasteiger partial charge in [-0.2, -0.15) is 0 Å². The van der Waals surface area contributed by atoms with Crippen LogP contribution in [-0.4, -0.2) is 0 Å². The highest BCUT2D eigenvalue weighted by Crippen LogP contribution is 2.20. The van der Waals surface area contributed by atoms with Gasteiger partial charge in [-0.15, -0.1) is 0 Å². The van der Waals surface area contributed by atoms with Gasteiger partial charge in [0.1, 0.15) is 11.4 Å². The normalized spacial score (nSPS) is 10.9. The summed E-state index contributed by atoms with van der Waals surface area (Å²) in [7, 11) is 0. The zero-order valence-corrected chi connectivity index (χ0v) is 9.19. The Morgan fingerprint density at radius 3 is 2.76 bits per heavy atom. The Labute approximate surface area is 98.5 Å². The van der Waals surface area contributed by atoms with Gasteiger partial charge >= 0.3 is 0 Å². The van der Waals surface area contributed by atoms with E-state index in [1.54, 1.807) is 12.3 Å². The summed E-state index contributed by atoms with van der Waals surface area (Å²) in [6, 6.07) is 14.7. The van der Waals surface area contributed by atoms with Gasteiger partial charge in [-0.1, -0.05) is 24.3 Å². The van der Waals surface area contributed by atoms with Gasteiger partial charge in [0.05, 0.1) is 6.26 Å². The minimum atomic E-state index is -0.153. The first-order valence-electron chi connectivity index (χ1n) is 5.52. The SMILES string of the molecule is Fc1ccccc1Cc1ccc2occc2c1. The number of furan rings is 1. The third kappa shape index (κ3) is 1.94. The van der Waals surface area contributed by atoms with E-state index >= 15 is 0 Å². The summed E-state index contributed by atoms with van der Waals surface area (Å²) in [5.41, 5.74) is 2.67. The molecule has 1 aromatic heterocycles. The zero-order valence-electron chi connectivity index (χ0n) is 9.19. The zero-order chi connectivity index (χ0) is 11.7. The molecule has 1 heterocycles. The maximum Gasteiger partial charge on any atom is 0.133 e. The molecule has 0 aliphatic heterocycles. The molecule has 84 valence electrons. The minimum Gasteiger partial charge on any atom is -0.464 e. The Morgan fingerprint density at radius 2 is 1.88 bits per heavy atom. The van der Waals surface area contributed by atoms with Crippen LogP contribution in [0.4, 0.5) is 4.39 Å². The monoisotopic (exact) mass is 226 g/mol. The average molecular weight is 226 g/mol. The summed E-state index contributed by atoms with van der Waals surface area (Å²) in [5, 5.41) is 1.05. The van der Waals surface area contributed by atoms with E-state index in [0.29, 0.717) is 6.42 Å². The third-order valence-electron chi connectivity index (χ3n) is 2.87. The Bertz CT molecular complexity index is 655. The molecule has 17 heavy (non-hydrogen) atoms. The van der Waals surface area contributed by atoms with Gasteiger partial charge in [-0.3, -0.25) is 0 Å². The molecule has 0 atom stereocenters. The fourth-order valence-corrected chi connectivity index (χ4v) is 1.99. The van der Waals surface area contributed by atoms with Gasteiger partial charge < -0.3 is 4.42 Å². The molecule has 0 saturated heterocycles. The first-order chi connectivity index (χ1) is 8.33. The number of hydrogen-bond acceptors (Lipinski definition) is 1. The van der Waals surface area contributed by atoms with E-state index < -0.39 is 0 Å². The Balaban J connectivity index is 1.97. The topological polar surface area (TPSA) is 13.1 Å². The van der Waals surface area contributed by atoms with E-state index in [2.05, 4.69) is 0 Å². The molecule has 2 aromatic carbocycles. The van der Waals surface area contributed by atoms with Crippen molar-refractivity contribution in [1.82, 2.24) is 0 Å². The van der Waals surface area contributed by atoms with E-state index in [9.17, 15) is 4.39 Å². The van der Waals surface area contributed by atoms with Crippen molar-refractivity contribution in [2.45, 2.75) is 6.42 Å². The van der Waals surface area contributed by atoms with Gasteiger partial charge in [0.2, 0.25) is 0 Å². The fraction of sp³-hybridized carbons (Fsp3) is 0.0667. The molecule has 0 radical (unpaired) electrons. The molecule has 0 fully saturated rings. The molecule has 2 heteroatoms. The largest absolute Gasteiger partial charge is 0.464 e. The van der Waals surface area contributed by atoms with Crippen LogP contribution in [-0.2, 0) is 6.42 Å². The second kappa shape index (κ2) is 4.06. The lowest BCUT2D eigenvalue weighted by atomic mass is 10.0. The molecular formula is C15H11FO. The average Bonchev–Trinajstić information content (AvgIpc) is 2.79.